The van der Waals surface area contributed by atoms with Gasteiger partial charge in [-0.2, -0.15) is 4.31 Å². The molecule has 0 aliphatic carbocycles. The van der Waals surface area contributed by atoms with Gasteiger partial charge in [0.25, 0.3) is 0 Å². The van der Waals surface area contributed by atoms with E-state index in [1.807, 2.05) is 6.92 Å². The lowest BCUT2D eigenvalue weighted by Crippen LogP contribution is -2.44. The molecule has 0 amide bonds. The standard InChI is InChI=1S/C10H15NO4S2/c1-8-6-11(3-4-15-8)17(13,14)10-2-5-16-9(10)7-12/h2,5,8,12H,3-4,6-7H2,1H3. The van der Waals surface area contributed by atoms with Crippen molar-refractivity contribution in [2.45, 2.75) is 24.5 Å². The van der Waals surface area contributed by atoms with Crippen LogP contribution in [0.25, 0.3) is 0 Å². The van der Waals surface area contributed by atoms with Crippen LogP contribution in [0.3, 0.4) is 0 Å². The summed E-state index contributed by atoms with van der Waals surface area (Å²) in [6.45, 7) is 2.75. The first-order valence-electron chi connectivity index (χ1n) is 5.34. The molecule has 5 nitrogen and oxygen atoms in total. The molecule has 1 aromatic heterocycles. The second-order valence-electron chi connectivity index (χ2n) is 3.91. The molecule has 0 spiro atoms. The number of aliphatic hydroxyl groups is 1. The van der Waals surface area contributed by atoms with Gasteiger partial charge in [-0.1, -0.05) is 0 Å². The summed E-state index contributed by atoms with van der Waals surface area (Å²) in [6.07, 6.45) is -0.0882. The quantitative estimate of drug-likeness (QED) is 0.881. The summed E-state index contributed by atoms with van der Waals surface area (Å²) in [4.78, 5) is 0.711. The molecule has 1 fully saturated rings. The van der Waals surface area contributed by atoms with E-state index < -0.39 is 10.0 Å². The number of hydrogen-bond acceptors (Lipinski definition) is 5. The first kappa shape index (κ1) is 13.0. The molecule has 17 heavy (non-hydrogen) atoms. The van der Waals surface area contributed by atoms with Crippen molar-refractivity contribution in [3.63, 3.8) is 0 Å². The number of morpholine rings is 1. The number of nitrogens with zero attached hydrogens (tertiary/aromatic N) is 1. The topological polar surface area (TPSA) is 66.8 Å². The van der Waals surface area contributed by atoms with Crippen molar-refractivity contribution in [3.05, 3.63) is 16.3 Å². The van der Waals surface area contributed by atoms with E-state index in [1.54, 1.807) is 11.4 Å². The molecule has 1 atom stereocenters. The average molecular weight is 277 g/mol. The van der Waals surface area contributed by atoms with Gasteiger partial charge in [-0.3, -0.25) is 0 Å². The molecule has 7 heteroatoms. The largest absolute Gasteiger partial charge is 0.391 e. The molecule has 0 aromatic carbocycles. The van der Waals surface area contributed by atoms with Crippen LogP contribution in [0.15, 0.2) is 16.3 Å². The number of ether oxygens (including phenoxy) is 1. The van der Waals surface area contributed by atoms with Crippen LogP contribution in [-0.4, -0.2) is 43.6 Å². The minimum absolute atomic E-state index is 0.0882. The highest BCUT2D eigenvalue weighted by Crippen LogP contribution is 2.26. The molecular formula is C10H15NO4S2. The van der Waals surface area contributed by atoms with Crippen LogP contribution in [0.5, 0.6) is 0 Å². The first-order valence-corrected chi connectivity index (χ1v) is 7.66. The lowest BCUT2D eigenvalue weighted by molar-refractivity contribution is 0.0101. The first-order chi connectivity index (χ1) is 8.05. The summed E-state index contributed by atoms with van der Waals surface area (Å²) in [5.74, 6) is 0. The molecule has 1 aliphatic heterocycles. The molecule has 96 valence electrons. The van der Waals surface area contributed by atoms with Crippen molar-refractivity contribution >= 4 is 21.4 Å². The number of thiophene rings is 1. The second-order valence-corrected chi connectivity index (χ2v) is 6.82. The molecule has 0 saturated carbocycles. The van der Waals surface area contributed by atoms with E-state index in [1.165, 1.54) is 15.6 Å². The molecule has 0 bridgehead atoms. The lowest BCUT2D eigenvalue weighted by atomic mass is 10.3. The van der Waals surface area contributed by atoms with Gasteiger partial charge in [0, 0.05) is 18.0 Å². The highest BCUT2D eigenvalue weighted by Gasteiger charge is 2.31. The van der Waals surface area contributed by atoms with Crippen molar-refractivity contribution in [1.82, 2.24) is 4.31 Å². The van der Waals surface area contributed by atoms with E-state index in [0.717, 1.165) is 0 Å². The van der Waals surface area contributed by atoms with Crippen molar-refractivity contribution in [2.24, 2.45) is 0 Å². The number of hydrogen-bond donors (Lipinski definition) is 1. The Balaban J connectivity index is 2.30. The van der Waals surface area contributed by atoms with Crippen molar-refractivity contribution in [3.8, 4) is 0 Å². The number of sulfonamides is 1. The maximum atomic E-state index is 12.3. The summed E-state index contributed by atoms with van der Waals surface area (Å²) in [7, 11) is -3.49. The fourth-order valence-electron chi connectivity index (χ4n) is 1.82. The van der Waals surface area contributed by atoms with Crippen LogP contribution in [0.4, 0.5) is 0 Å². The Morgan fingerprint density at radius 1 is 1.65 bits per heavy atom. The van der Waals surface area contributed by atoms with Gasteiger partial charge < -0.3 is 9.84 Å². The van der Waals surface area contributed by atoms with Crippen molar-refractivity contribution < 1.29 is 18.3 Å². The SMILES string of the molecule is CC1CN(S(=O)(=O)c2ccsc2CO)CCO1. The van der Waals surface area contributed by atoms with Crippen LogP contribution in [-0.2, 0) is 21.4 Å². The fourth-order valence-corrected chi connectivity index (χ4v) is 4.58. The molecule has 0 radical (unpaired) electrons. The van der Waals surface area contributed by atoms with Gasteiger partial charge in [-0.25, -0.2) is 8.42 Å². The monoisotopic (exact) mass is 277 g/mol. The van der Waals surface area contributed by atoms with Crippen molar-refractivity contribution in [2.75, 3.05) is 19.7 Å². The van der Waals surface area contributed by atoms with Gasteiger partial charge in [0.15, 0.2) is 0 Å². The Bertz CT molecular complexity index is 482. The normalized spacial score (nSPS) is 22.8. The third-order valence-corrected chi connectivity index (χ3v) is 5.65. The Morgan fingerprint density at radius 2 is 2.41 bits per heavy atom. The summed E-state index contributed by atoms with van der Waals surface area (Å²) < 4.78 is 31.4. The van der Waals surface area contributed by atoms with Crippen LogP contribution in [0, 0.1) is 0 Å². The zero-order chi connectivity index (χ0) is 12.5. The van der Waals surface area contributed by atoms with Crippen molar-refractivity contribution in [1.29, 1.82) is 0 Å². The molecule has 1 saturated heterocycles. The highest BCUT2D eigenvalue weighted by molar-refractivity contribution is 7.89. The molecule has 1 N–H and O–H groups in total. The molecule has 1 aromatic rings. The summed E-state index contributed by atoms with van der Waals surface area (Å²) in [5.41, 5.74) is 0. The molecule has 1 aliphatic rings. The minimum atomic E-state index is -3.49. The zero-order valence-corrected chi connectivity index (χ0v) is 11.1. The van der Waals surface area contributed by atoms with E-state index >= 15 is 0 Å². The minimum Gasteiger partial charge on any atom is -0.391 e. The van der Waals surface area contributed by atoms with E-state index in [0.29, 0.717) is 24.6 Å². The average Bonchev–Trinajstić information content (AvgIpc) is 2.77. The number of aliphatic hydroxyl groups excluding tert-OH is 1. The van der Waals surface area contributed by atoms with Gasteiger partial charge in [-0.05, 0) is 18.4 Å². The second kappa shape index (κ2) is 5.03. The van der Waals surface area contributed by atoms with Gasteiger partial charge in [-0.15, -0.1) is 11.3 Å². The smallest absolute Gasteiger partial charge is 0.244 e. The van der Waals surface area contributed by atoms with Crippen LogP contribution >= 0.6 is 11.3 Å². The van der Waals surface area contributed by atoms with Crippen LogP contribution in [0.2, 0.25) is 0 Å². The highest BCUT2D eigenvalue weighted by atomic mass is 32.2. The fraction of sp³-hybridized carbons (Fsp3) is 0.600. The predicted molar refractivity (Wildman–Crippen MR) is 64.4 cm³/mol. The molecular weight excluding hydrogens is 262 g/mol. The van der Waals surface area contributed by atoms with Crippen LogP contribution < -0.4 is 0 Å². The molecule has 2 rings (SSSR count). The van der Waals surface area contributed by atoms with E-state index in [2.05, 4.69) is 0 Å². The Hall–Kier alpha value is -0.470. The Kier molecular flexibility index (Phi) is 3.84. The van der Waals surface area contributed by atoms with E-state index in [9.17, 15) is 8.42 Å². The van der Waals surface area contributed by atoms with E-state index in [-0.39, 0.29) is 17.6 Å². The third-order valence-electron chi connectivity index (χ3n) is 2.67. The third kappa shape index (κ3) is 2.53. The zero-order valence-electron chi connectivity index (χ0n) is 9.50. The summed E-state index contributed by atoms with van der Waals surface area (Å²) >= 11 is 1.25. The Labute approximate surface area is 105 Å². The van der Waals surface area contributed by atoms with E-state index in [4.69, 9.17) is 9.84 Å². The van der Waals surface area contributed by atoms with Gasteiger partial charge in [0.05, 0.1) is 24.2 Å². The Morgan fingerprint density at radius 3 is 3.06 bits per heavy atom. The van der Waals surface area contributed by atoms with Gasteiger partial charge >= 0.3 is 0 Å². The summed E-state index contributed by atoms with van der Waals surface area (Å²) in [6, 6.07) is 1.55. The molecule has 1 unspecified atom stereocenters. The summed E-state index contributed by atoms with van der Waals surface area (Å²) in [5, 5.41) is 10.8. The van der Waals surface area contributed by atoms with Gasteiger partial charge in [0.2, 0.25) is 10.0 Å². The van der Waals surface area contributed by atoms with Gasteiger partial charge in [0.1, 0.15) is 0 Å². The predicted octanol–water partition coefficient (Wildman–Crippen LogP) is 0.650. The van der Waals surface area contributed by atoms with Crippen LogP contribution in [0.1, 0.15) is 11.8 Å². The lowest BCUT2D eigenvalue weighted by Gasteiger charge is -2.30. The maximum absolute atomic E-state index is 12.3. The maximum Gasteiger partial charge on any atom is 0.244 e. The molecule has 2 heterocycles. The number of rotatable bonds is 3.